The van der Waals surface area contributed by atoms with Crippen molar-refractivity contribution in [2.75, 3.05) is 0 Å². The average Bonchev–Trinajstić information content (AvgIpc) is 2.48. The minimum atomic E-state index is 0.708. The van der Waals surface area contributed by atoms with E-state index in [1.165, 1.54) is 42.4 Å². The van der Waals surface area contributed by atoms with Gasteiger partial charge in [0.2, 0.25) is 0 Å². The third-order valence-electron chi connectivity index (χ3n) is 4.10. The van der Waals surface area contributed by atoms with Crippen LogP contribution in [0.3, 0.4) is 0 Å². The molecule has 0 spiro atoms. The predicted molar refractivity (Wildman–Crippen MR) is 85.8 cm³/mol. The van der Waals surface area contributed by atoms with Crippen molar-refractivity contribution in [3.8, 4) is 11.1 Å². The molecule has 1 aliphatic carbocycles. The Bertz CT molecular complexity index is 515. The molecule has 3 rings (SSSR count). The van der Waals surface area contributed by atoms with Crippen LogP contribution >= 0.6 is 15.9 Å². The smallest absolute Gasteiger partial charge is 0.0151 e. The monoisotopic (exact) mass is 314 g/mol. The molecule has 0 nitrogen and oxygen atoms in total. The first-order chi connectivity index (χ1) is 9.33. The quantitative estimate of drug-likeness (QED) is 0.617. The molecular formula is C18H19Br. The zero-order valence-corrected chi connectivity index (χ0v) is 12.6. The second-order valence-corrected chi connectivity index (χ2v) is 6.74. The molecule has 0 saturated heterocycles. The highest BCUT2D eigenvalue weighted by atomic mass is 79.9. The zero-order valence-electron chi connectivity index (χ0n) is 11.1. The van der Waals surface area contributed by atoms with Crippen LogP contribution in [0.5, 0.6) is 0 Å². The zero-order chi connectivity index (χ0) is 13.1. The molecule has 2 aromatic carbocycles. The van der Waals surface area contributed by atoms with E-state index in [0.29, 0.717) is 4.83 Å². The molecule has 0 radical (unpaired) electrons. The van der Waals surface area contributed by atoms with Crippen LogP contribution in [0.15, 0.2) is 54.6 Å². The first-order valence-electron chi connectivity index (χ1n) is 7.12. The molecule has 0 N–H and O–H groups in total. The minimum Gasteiger partial charge on any atom is -0.0890 e. The molecule has 1 saturated carbocycles. The van der Waals surface area contributed by atoms with Gasteiger partial charge < -0.3 is 0 Å². The van der Waals surface area contributed by atoms with E-state index in [9.17, 15) is 0 Å². The maximum atomic E-state index is 3.78. The Morgan fingerprint density at radius 3 is 2.16 bits per heavy atom. The summed E-state index contributed by atoms with van der Waals surface area (Å²) in [4.78, 5) is 0.708. The molecule has 0 heterocycles. The molecule has 0 amide bonds. The fourth-order valence-electron chi connectivity index (χ4n) is 3.01. The number of alkyl halides is 1. The highest BCUT2D eigenvalue weighted by Gasteiger charge is 2.21. The lowest BCUT2D eigenvalue weighted by Gasteiger charge is -2.26. The number of hydrogen-bond donors (Lipinski definition) is 0. The molecule has 2 unspecified atom stereocenters. The minimum absolute atomic E-state index is 0.708. The van der Waals surface area contributed by atoms with Gasteiger partial charge in [-0.2, -0.15) is 0 Å². The van der Waals surface area contributed by atoms with Crippen molar-refractivity contribution in [2.24, 2.45) is 0 Å². The third-order valence-corrected chi connectivity index (χ3v) is 4.93. The van der Waals surface area contributed by atoms with E-state index in [1.54, 1.807) is 0 Å². The van der Waals surface area contributed by atoms with Gasteiger partial charge in [-0.05, 0) is 41.9 Å². The van der Waals surface area contributed by atoms with Crippen LogP contribution in [0.2, 0.25) is 0 Å². The fourth-order valence-corrected chi connectivity index (χ4v) is 3.79. The number of hydrogen-bond acceptors (Lipinski definition) is 0. The summed E-state index contributed by atoms with van der Waals surface area (Å²) in [5.74, 6) is 0.739. The van der Waals surface area contributed by atoms with Gasteiger partial charge in [-0.1, -0.05) is 76.9 Å². The van der Waals surface area contributed by atoms with E-state index in [-0.39, 0.29) is 0 Å². The molecule has 2 aromatic rings. The van der Waals surface area contributed by atoms with E-state index in [1.807, 2.05) is 0 Å². The third kappa shape index (κ3) is 3.09. The van der Waals surface area contributed by atoms with Crippen molar-refractivity contribution in [3.63, 3.8) is 0 Å². The molecule has 1 fully saturated rings. The molecule has 1 heteroatoms. The van der Waals surface area contributed by atoms with Gasteiger partial charge in [-0.3, -0.25) is 0 Å². The van der Waals surface area contributed by atoms with Gasteiger partial charge in [0.05, 0.1) is 0 Å². The van der Waals surface area contributed by atoms with Crippen molar-refractivity contribution in [3.05, 3.63) is 60.2 Å². The summed E-state index contributed by atoms with van der Waals surface area (Å²) in [7, 11) is 0. The molecule has 98 valence electrons. The van der Waals surface area contributed by atoms with Crippen LogP contribution < -0.4 is 0 Å². The maximum absolute atomic E-state index is 3.78. The maximum Gasteiger partial charge on any atom is 0.0151 e. The van der Waals surface area contributed by atoms with Crippen LogP contribution in [0.1, 0.15) is 37.2 Å². The topological polar surface area (TPSA) is 0 Å². The van der Waals surface area contributed by atoms with E-state index in [2.05, 4.69) is 70.5 Å². The van der Waals surface area contributed by atoms with Crippen molar-refractivity contribution in [2.45, 2.75) is 36.4 Å². The highest BCUT2D eigenvalue weighted by molar-refractivity contribution is 9.09. The van der Waals surface area contributed by atoms with Gasteiger partial charge >= 0.3 is 0 Å². The second kappa shape index (κ2) is 5.92. The van der Waals surface area contributed by atoms with E-state index in [0.717, 1.165) is 5.92 Å². The summed E-state index contributed by atoms with van der Waals surface area (Å²) in [5.41, 5.74) is 4.12. The van der Waals surface area contributed by atoms with Crippen LogP contribution in [0.25, 0.3) is 11.1 Å². The van der Waals surface area contributed by atoms with Gasteiger partial charge in [-0.15, -0.1) is 0 Å². The molecule has 2 atom stereocenters. The van der Waals surface area contributed by atoms with Gasteiger partial charge in [-0.25, -0.2) is 0 Å². The first-order valence-corrected chi connectivity index (χ1v) is 8.04. The lowest BCUT2D eigenvalue weighted by atomic mass is 9.83. The highest BCUT2D eigenvalue weighted by Crippen LogP contribution is 2.36. The van der Waals surface area contributed by atoms with Gasteiger partial charge in [0, 0.05) is 4.83 Å². The first kappa shape index (κ1) is 12.9. The molecule has 1 aliphatic rings. The Kier molecular flexibility index (Phi) is 4.03. The van der Waals surface area contributed by atoms with Crippen molar-refractivity contribution in [1.29, 1.82) is 0 Å². The van der Waals surface area contributed by atoms with Gasteiger partial charge in [0.25, 0.3) is 0 Å². The van der Waals surface area contributed by atoms with Crippen molar-refractivity contribution < 1.29 is 0 Å². The molecule has 0 aliphatic heterocycles. The van der Waals surface area contributed by atoms with Crippen LogP contribution in [-0.4, -0.2) is 4.83 Å². The molecule has 0 aromatic heterocycles. The van der Waals surface area contributed by atoms with Crippen LogP contribution in [-0.2, 0) is 0 Å². The molecule has 0 bridgehead atoms. The van der Waals surface area contributed by atoms with E-state index >= 15 is 0 Å². The number of halogens is 1. The summed E-state index contributed by atoms with van der Waals surface area (Å²) >= 11 is 3.78. The summed E-state index contributed by atoms with van der Waals surface area (Å²) in [5, 5.41) is 0. The Morgan fingerprint density at radius 2 is 1.47 bits per heavy atom. The van der Waals surface area contributed by atoms with Crippen molar-refractivity contribution in [1.82, 2.24) is 0 Å². The van der Waals surface area contributed by atoms with Gasteiger partial charge in [0.15, 0.2) is 0 Å². The normalized spacial score (nSPS) is 23.2. The predicted octanol–water partition coefficient (Wildman–Crippen LogP) is 5.77. The SMILES string of the molecule is BrC1CCCC(c2ccc(-c3ccccc3)cc2)C1. The van der Waals surface area contributed by atoms with Crippen LogP contribution in [0, 0.1) is 0 Å². The molecular weight excluding hydrogens is 296 g/mol. The Morgan fingerprint density at radius 1 is 0.789 bits per heavy atom. The largest absolute Gasteiger partial charge is 0.0890 e. The standard InChI is InChI=1S/C18H19Br/c19-18-8-4-7-17(13-18)16-11-9-15(10-12-16)14-5-2-1-3-6-14/h1-3,5-6,9-12,17-18H,4,7-8,13H2. The Labute approximate surface area is 124 Å². The fraction of sp³-hybridized carbons (Fsp3) is 0.333. The van der Waals surface area contributed by atoms with Crippen LogP contribution in [0.4, 0.5) is 0 Å². The number of rotatable bonds is 2. The Hall–Kier alpha value is -1.08. The summed E-state index contributed by atoms with van der Waals surface area (Å²) in [6.07, 6.45) is 5.30. The Balaban J connectivity index is 1.79. The lowest BCUT2D eigenvalue weighted by molar-refractivity contribution is 0.458. The van der Waals surface area contributed by atoms with E-state index in [4.69, 9.17) is 0 Å². The number of benzene rings is 2. The lowest BCUT2D eigenvalue weighted by Crippen LogP contribution is -2.13. The summed E-state index contributed by atoms with van der Waals surface area (Å²) < 4.78 is 0. The molecule has 19 heavy (non-hydrogen) atoms. The average molecular weight is 315 g/mol. The summed E-state index contributed by atoms with van der Waals surface area (Å²) in [6, 6.07) is 19.8. The van der Waals surface area contributed by atoms with Crippen molar-refractivity contribution >= 4 is 15.9 Å². The summed E-state index contributed by atoms with van der Waals surface area (Å²) in [6.45, 7) is 0. The second-order valence-electron chi connectivity index (χ2n) is 5.45. The van der Waals surface area contributed by atoms with E-state index < -0.39 is 0 Å². The van der Waals surface area contributed by atoms with Gasteiger partial charge in [0.1, 0.15) is 0 Å².